The maximum absolute atomic E-state index is 11.4. The largest absolute Gasteiger partial charge is 0.577 e. The number of allylic oxidation sites excluding steroid dienone is 1. The van der Waals surface area contributed by atoms with E-state index in [0.29, 0.717) is 0 Å². The fourth-order valence-corrected chi connectivity index (χ4v) is 1.87. The summed E-state index contributed by atoms with van der Waals surface area (Å²) in [7, 11) is -3.53. The molecule has 3 nitrogen and oxygen atoms in total. The molecular weight excluding hydrogens is 186 g/mol. The average Bonchev–Trinajstić information content (AvgIpc) is 2.04. The van der Waals surface area contributed by atoms with Gasteiger partial charge >= 0.3 is 0 Å². The summed E-state index contributed by atoms with van der Waals surface area (Å²) >= 11 is 0. The van der Waals surface area contributed by atoms with Gasteiger partial charge in [0.2, 0.25) is 0 Å². The quantitative estimate of drug-likeness (QED) is 0.744. The molecule has 70 valence electrons. The first-order valence-electron chi connectivity index (χ1n) is 3.71. The third kappa shape index (κ3) is 2.59. The molecule has 0 atom stereocenters. The normalized spacial score (nSPS) is 10.8. The van der Waals surface area contributed by atoms with Gasteiger partial charge in [0.15, 0.2) is 0 Å². The fourth-order valence-electron chi connectivity index (χ4n) is 0.850. The van der Waals surface area contributed by atoms with E-state index in [1.807, 2.05) is 0 Å². The lowest BCUT2D eigenvalue weighted by molar-refractivity contribution is 0.603. The Balaban J connectivity index is 3.02. The molecule has 0 aliphatic rings. The predicted octanol–water partition coefficient (Wildman–Crippen LogP) is 2.28. The molecule has 0 aromatic heterocycles. The molecule has 0 aliphatic carbocycles. The Labute approximate surface area is 78.1 Å². The second-order valence-corrected chi connectivity index (χ2v) is 4.22. The summed E-state index contributed by atoms with van der Waals surface area (Å²) in [5.41, 5.74) is 0.281. The molecular formula is C9H10NO2S-. The molecule has 0 spiro atoms. The van der Waals surface area contributed by atoms with Gasteiger partial charge in [0.25, 0.3) is 0 Å². The van der Waals surface area contributed by atoms with E-state index in [0.717, 1.165) is 0 Å². The Morgan fingerprint density at radius 3 is 2.31 bits per heavy atom. The van der Waals surface area contributed by atoms with E-state index >= 15 is 0 Å². The van der Waals surface area contributed by atoms with Crippen LogP contribution in [0.25, 0.3) is 4.72 Å². The van der Waals surface area contributed by atoms with Gasteiger partial charge in [-0.1, -0.05) is 25.1 Å². The summed E-state index contributed by atoms with van der Waals surface area (Å²) in [6.07, 6.45) is 0. The number of rotatable bonds is 3. The van der Waals surface area contributed by atoms with Crippen molar-refractivity contribution in [3.8, 4) is 0 Å². The molecule has 0 saturated heterocycles. The standard InChI is InChI=1S/C9H10NO2S/c1-8(2)10-13(11,12)9-6-4-3-5-7-9/h3-7H,1H2,2H3/q-1. The molecule has 0 fully saturated rings. The van der Waals surface area contributed by atoms with Crippen LogP contribution in [0.4, 0.5) is 0 Å². The third-order valence-corrected chi connectivity index (χ3v) is 2.74. The topological polar surface area (TPSA) is 48.2 Å². The highest BCUT2D eigenvalue weighted by Gasteiger charge is 2.01. The van der Waals surface area contributed by atoms with Crippen molar-refractivity contribution in [1.29, 1.82) is 0 Å². The monoisotopic (exact) mass is 196 g/mol. The zero-order valence-corrected chi connectivity index (χ0v) is 8.08. The number of benzene rings is 1. The van der Waals surface area contributed by atoms with E-state index < -0.39 is 10.0 Å². The molecule has 0 amide bonds. The highest BCUT2D eigenvalue weighted by atomic mass is 32.2. The summed E-state index contributed by atoms with van der Waals surface area (Å²) in [5, 5.41) is 0. The molecule has 0 radical (unpaired) electrons. The van der Waals surface area contributed by atoms with E-state index in [1.165, 1.54) is 12.1 Å². The van der Waals surface area contributed by atoms with Gasteiger partial charge in [-0.25, -0.2) is 8.42 Å². The number of nitrogens with zero attached hydrogens (tertiary/aromatic N) is 1. The van der Waals surface area contributed by atoms with Crippen LogP contribution in [0, 0.1) is 0 Å². The Kier molecular flexibility index (Phi) is 2.72. The molecule has 1 rings (SSSR count). The Morgan fingerprint density at radius 2 is 1.85 bits per heavy atom. The van der Waals surface area contributed by atoms with Crippen LogP contribution >= 0.6 is 0 Å². The summed E-state index contributed by atoms with van der Waals surface area (Å²) in [6.45, 7) is 4.96. The number of hydrogen-bond acceptors (Lipinski definition) is 2. The minimum absolute atomic E-state index is 0.193. The molecule has 0 N–H and O–H groups in total. The van der Waals surface area contributed by atoms with Gasteiger partial charge in [-0.15, -0.1) is 6.58 Å². The number of sulfonamides is 1. The Bertz CT molecular complexity index is 395. The molecule has 0 bridgehead atoms. The van der Waals surface area contributed by atoms with Crippen molar-refractivity contribution in [3.05, 3.63) is 47.3 Å². The third-order valence-electron chi connectivity index (χ3n) is 1.32. The molecule has 0 saturated carbocycles. The molecule has 0 unspecified atom stereocenters. The first-order chi connectivity index (χ1) is 6.02. The highest BCUT2D eigenvalue weighted by molar-refractivity contribution is 7.94. The van der Waals surface area contributed by atoms with Gasteiger partial charge in [-0.2, -0.15) is 5.70 Å². The lowest BCUT2D eigenvalue weighted by Gasteiger charge is -2.20. The minimum atomic E-state index is -3.53. The first kappa shape index (κ1) is 9.80. The van der Waals surface area contributed by atoms with Crippen LogP contribution in [0.1, 0.15) is 6.92 Å². The van der Waals surface area contributed by atoms with Crippen molar-refractivity contribution >= 4 is 10.0 Å². The van der Waals surface area contributed by atoms with E-state index in [-0.39, 0.29) is 10.6 Å². The van der Waals surface area contributed by atoms with Crippen molar-refractivity contribution in [3.63, 3.8) is 0 Å². The summed E-state index contributed by atoms with van der Waals surface area (Å²) in [6, 6.07) is 8.06. The molecule has 1 aromatic carbocycles. The first-order valence-corrected chi connectivity index (χ1v) is 5.15. The molecule has 13 heavy (non-hydrogen) atoms. The maximum Gasteiger partial charge on any atom is 0.122 e. The fraction of sp³-hybridized carbons (Fsp3) is 0.111. The zero-order chi connectivity index (χ0) is 9.90. The average molecular weight is 196 g/mol. The van der Waals surface area contributed by atoms with Crippen LogP contribution in [0.3, 0.4) is 0 Å². The Morgan fingerprint density at radius 1 is 1.31 bits per heavy atom. The van der Waals surface area contributed by atoms with Gasteiger partial charge in [-0.05, 0) is 12.1 Å². The van der Waals surface area contributed by atoms with Crippen molar-refractivity contribution in [2.24, 2.45) is 0 Å². The molecule has 0 heterocycles. The van der Waals surface area contributed by atoms with Crippen molar-refractivity contribution in [2.75, 3.05) is 0 Å². The van der Waals surface area contributed by atoms with E-state index in [4.69, 9.17) is 0 Å². The van der Waals surface area contributed by atoms with E-state index in [2.05, 4.69) is 11.3 Å². The Hall–Kier alpha value is -1.29. The SMILES string of the molecule is C=C(C)[N-]S(=O)(=O)c1ccccc1. The minimum Gasteiger partial charge on any atom is -0.577 e. The predicted molar refractivity (Wildman–Crippen MR) is 51.8 cm³/mol. The second-order valence-electron chi connectivity index (χ2n) is 2.61. The lowest BCUT2D eigenvalue weighted by Crippen LogP contribution is -1.97. The summed E-state index contributed by atoms with van der Waals surface area (Å²) in [5.74, 6) is 0. The zero-order valence-electron chi connectivity index (χ0n) is 7.27. The number of hydrogen-bond donors (Lipinski definition) is 0. The molecule has 1 aromatic rings. The van der Waals surface area contributed by atoms with Crippen LogP contribution in [0.5, 0.6) is 0 Å². The van der Waals surface area contributed by atoms with Gasteiger partial charge in [0.05, 0.1) is 4.90 Å². The van der Waals surface area contributed by atoms with Crippen LogP contribution in [0.15, 0.2) is 47.5 Å². The summed E-state index contributed by atoms with van der Waals surface area (Å²) in [4.78, 5) is 0.193. The lowest BCUT2D eigenvalue weighted by atomic mass is 10.4. The molecule has 4 heteroatoms. The van der Waals surface area contributed by atoms with Crippen LogP contribution < -0.4 is 0 Å². The van der Waals surface area contributed by atoms with Gasteiger partial charge in [0.1, 0.15) is 10.0 Å². The highest BCUT2D eigenvalue weighted by Crippen LogP contribution is 2.19. The van der Waals surface area contributed by atoms with Crippen molar-refractivity contribution < 1.29 is 8.42 Å². The molecule has 0 aliphatic heterocycles. The van der Waals surface area contributed by atoms with E-state index in [9.17, 15) is 8.42 Å². The van der Waals surface area contributed by atoms with Gasteiger partial charge in [0, 0.05) is 0 Å². The second kappa shape index (κ2) is 3.62. The van der Waals surface area contributed by atoms with E-state index in [1.54, 1.807) is 25.1 Å². The van der Waals surface area contributed by atoms with Gasteiger partial charge in [-0.3, -0.25) is 0 Å². The van der Waals surface area contributed by atoms with Gasteiger partial charge < -0.3 is 4.72 Å². The van der Waals surface area contributed by atoms with Crippen LogP contribution in [-0.2, 0) is 10.0 Å². The smallest absolute Gasteiger partial charge is 0.122 e. The van der Waals surface area contributed by atoms with Crippen molar-refractivity contribution in [2.45, 2.75) is 11.8 Å². The van der Waals surface area contributed by atoms with Crippen molar-refractivity contribution in [1.82, 2.24) is 0 Å². The summed E-state index contributed by atoms with van der Waals surface area (Å²) < 4.78 is 26.3. The maximum atomic E-state index is 11.4. The van der Waals surface area contributed by atoms with Crippen LogP contribution in [0.2, 0.25) is 0 Å². The van der Waals surface area contributed by atoms with Crippen LogP contribution in [-0.4, -0.2) is 8.42 Å².